The van der Waals surface area contributed by atoms with Crippen molar-refractivity contribution in [1.82, 2.24) is 0 Å². The molecule has 1 aliphatic heterocycles. The predicted molar refractivity (Wildman–Crippen MR) is 88.2 cm³/mol. The quantitative estimate of drug-likeness (QED) is 0.533. The van der Waals surface area contributed by atoms with Crippen LogP contribution in [-0.4, -0.2) is 39.5 Å². The lowest BCUT2D eigenvalue weighted by Crippen LogP contribution is -2.39. The number of halogens is 1. The molecule has 0 fully saturated rings. The van der Waals surface area contributed by atoms with Gasteiger partial charge >= 0.3 is 11.9 Å². The van der Waals surface area contributed by atoms with Gasteiger partial charge in [0, 0.05) is 3.57 Å². The Labute approximate surface area is 146 Å². The van der Waals surface area contributed by atoms with Crippen molar-refractivity contribution in [3.63, 3.8) is 0 Å². The third-order valence-electron chi connectivity index (χ3n) is 3.20. The van der Waals surface area contributed by atoms with Crippen LogP contribution in [0.25, 0.3) is 0 Å². The number of anilines is 1. The maximum atomic E-state index is 12.2. The van der Waals surface area contributed by atoms with E-state index in [1.165, 1.54) is 19.1 Å². The first-order valence-corrected chi connectivity index (χ1v) is 7.56. The molecule has 8 heteroatoms. The van der Waals surface area contributed by atoms with Crippen LogP contribution in [0.4, 0.5) is 5.69 Å². The van der Waals surface area contributed by atoms with E-state index in [2.05, 4.69) is 28.7 Å². The Kier molecular flexibility index (Phi) is 5.57. The molecule has 1 aromatic rings. The van der Waals surface area contributed by atoms with E-state index in [0.717, 1.165) is 3.57 Å². The molecule has 2 rings (SSSR count). The molecular formula is C15H13IN2O5. The van der Waals surface area contributed by atoms with Crippen LogP contribution < -0.4 is 4.90 Å². The number of methoxy groups -OCH3 is 2. The fourth-order valence-electron chi connectivity index (χ4n) is 2.17. The monoisotopic (exact) mass is 428 g/mol. The molecule has 0 unspecified atom stereocenters. The number of ether oxygens (including phenoxy) is 3. The molecule has 0 aliphatic carbocycles. The van der Waals surface area contributed by atoms with E-state index in [0.29, 0.717) is 11.3 Å². The highest BCUT2D eigenvalue weighted by atomic mass is 127. The number of hydrogen-bond donors (Lipinski definition) is 0. The number of nitriles is 1. The Hall–Kier alpha value is -2.12. The van der Waals surface area contributed by atoms with Gasteiger partial charge in [0.2, 0.25) is 0 Å². The van der Waals surface area contributed by atoms with E-state index in [4.69, 9.17) is 14.2 Å². The molecule has 1 aromatic carbocycles. The first kappa shape index (κ1) is 17.2. The van der Waals surface area contributed by atoms with E-state index < -0.39 is 11.9 Å². The number of carbonyl (C=O) groups is 2. The molecule has 120 valence electrons. The molecule has 0 atom stereocenters. The van der Waals surface area contributed by atoms with Crippen LogP contribution in [0.3, 0.4) is 0 Å². The molecule has 0 aromatic heterocycles. The minimum absolute atomic E-state index is 0.0141. The van der Waals surface area contributed by atoms with Gasteiger partial charge in [-0.2, -0.15) is 5.26 Å². The number of benzene rings is 1. The Morgan fingerprint density at radius 2 is 2.00 bits per heavy atom. The summed E-state index contributed by atoms with van der Waals surface area (Å²) in [5.41, 5.74) is 0.874. The average molecular weight is 428 g/mol. The minimum Gasteiger partial charge on any atom is -0.466 e. The Balaban J connectivity index is 2.63. The van der Waals surface area contributed by atoms with Gasteiger partial charge in [0.1, 0.15) is 18.5 Å². The predicted octanol–water partition coefficient (Wildman–Crippen LogP) is 1.56. The van der Waals surface area contributed by atoms with E-state index in [1.54, 1.807) is 18.2 Å². The first-order chi connectivity index (χ1) is 11.0. The van der Waals surface area contributed by atoms with Gasteiger partial charge < -0.3 is 19.1 Å². The lowest BCUT2D eigenvalue weighted by atomic mass is 10.1. The van der Waals surface area contributed by atoms with Crippen LogP contribution in [0.15, 0.2) is 29.5 Å². The van der Waals surface area contributed by atoms with Crippen LogP contribution in [0.1, 0.15) is 5.56 Å². The van der Waals surface area contributed by atoms with Gasteiger partial charge in [-0.05, 0) is 40.8 Å². The van der Waals surface area contributed by atoms with Gasteiger partial charge in [0.05, 0.1) is 37.7 Å². The van der Waals surface area contributed by atoms with Gasteiger partial charge in [0.25, 0.3) is 0 Å². The number of nitrogens with zero attached hydrogens (tertiary/aromatic N) is 2. The van der Waals surface area contributed by atoms with Crippen molar-refractivity contribution in [3.8, 4) is 6.07 Å². The number of rotatable bonds is 3. The summed E-state index contributed by atoms with van der Waals surface area (Å²) in [6.07, 6.45) is 0. The van der Waals surface area contributed by atoms with Crippen molar-refractivity contribution in [1.29, 1.82) is 5.26 Å². The summed E-state index contributed by atoms with van der Waals surface area (Å²) in [5, 5.41) is 9.33. The van der Waals surface area contributed by atoms with Gasteiger partial charge in [-0.15, -0.1) is 0 Å². The minimum atomic E-state index is -0.698. The van der Waals surface area contributed by atoms with Crippen LogP contribution in [0.5, 0.6) is 0 Å². The standard InChI is InChI=1S/C15H13IN2O5/c1-21-14(19)11-7-23-8-18(13(11)15(20)22-2)12-4-3-10(16)5-9(12)6-17/h3-5H,7-8H2,1-2H3. The van der Waals surface area contributed by atoms with Crippen molar-refractivity contribution in [3.05, 3.63) is 38.6 Å². The van der Waals surface area contributed by atoms with Gasteiger partial charge in [-0.1, -0.05) is 0 Å². The molecule has 0 bridgehead atoms. The molecule has 7 nitrogen and oxygen atoms in total. The second kappa shape index (κ2) is 7.43. The normalized spacial score (nSPS) is 14.3. The number of carbonyl (C=O) groups excluding carboxylic acids is 2. The maximum absolute atomic E-state index is 12.2. The SMILES string of the molecule is COC(=O)C1=C(C(=O)OC)N(c2ccc(I)cc2C#N)COC1. The lowest BCUT2D eigenvalue weighted by Gasteiger charge is -2.31. The molecule has 1 aliphatic rings. The van der Waals surface area contributed by atoms with Crippen molar-refractivity contribution in [2.75, 3.05) is 32.5 Å². The zero-order chi connectivity index (χ0) is 17.0. The van der Waals surface area contributed by atoms with E-state index in [-0.39, 0.29) is 24.6 Å². The second-order valence-corrected chi connectivity index (χ2v) is 5.73. The van der Waals surface area contributed by atoms with Crippen LogP contribution in [0, 0.1) is 14.9 Å². The molecule has 0 saturated carbocycles. The molecule has 1 heterocycles. The van der Waals surface area contributed by atoms with Gasteiger partial charge in [-0.3, -0.25) is 0 Å². The summed E-state index contributed by atoms with van der Waals surface area (Å²) < 4.78 is 15.7. The molecule has 0 spiro atoms. The summed E-state index contributed by atoms with van der Waals surface area (Å²) in [5.74, 6) is -1.38. The highest BCUT2D eigenvalue weighted by Gasteiger charge is 2.33. The Morgan fingerprint density at radius 3 is 2.61 bits per heavy atom. The fourth-order valence-corrected chi connectivity index (χ4v) is 2.66. The van der Waals surface area contributed by atoms with Crippen LogP contribution in [0.2, 0.25) is 0 Å². The zero-order valence-electron chi connectivity index (χ0n) is 12.5. The van der Waals surface area contributed by atoms with Crippen molar-refractivity contribution >= 4 is 40.2 Å². The number of hydrogen-bond acceptors (Lipinski definition) is 7. The van der Waals surface area contributed by atoms with Gasteiger partial charge in [0.15, 0.2) is 0 Å². The third kappa shape index (κ3) is 3.46. The van der Waals surface area contributed by atoms with E-state index in [9.17, 15) is 14.9 Å². The topological polar surface area (TPSA) is 88.9 Å². The van der Waals surface area contributed by atoms with Crippen LogP contribution in [-0.2, 0) is 23.8 Å². The lowest BCUT2D eigenvalue weighted by molar-refractivity contribution is -0.140. The molecule has 23 heavy (non-hydrogen) atoms. The summed E-state index contributed by atoms with van der Waals surface area (Å²) in [4.78, 5) is 25.5. The largest absolute Gasteiger partial charge is 0.466 e. The second-order valence-electron chi connectivity index (χ2n) is 4.49. The van der Waals surface area contributed by atoms with E-state index in [1.807, 2.05) is 0 Å². The smallest absolute Gasteiger partial charge is 0.355 e. The molecule has 0 N–H and O–H groups in total. The fraction of sp³-hybridized carbons (Fsp3) is 0.267. The van der Waals surface area contributed by atoms with Gasteiger partial charge in [-0.25, -0.2) is 9.59 Å². The Morgan fingerprint density at radius 1 is 1.30 bits per heavy atom. The third-order valence-corrected chi connectivity index (χ3v) is 3.87. The summed E-state index contributed by atoms with van der Waals surface area (Å²) in [6, 6.07) is 7.23. The molecular weight excluding hydrogens is 415 g/mol. The van der Waals surface area contributed by atoms with E-state index >= 15 is 0 Å². The summed E-state index contributed by atoms with van der Waals surface area (Å²) in [7, 11) is 2.44. The highest BCUT2D eigenvalue weighted by molar-refractivity contribution is 14.1. The molecule has 0 amide bonds. The molecule has 0 saturated heterocycles. The summed E-state index contributed by atoms with van der Waals surface area (Å²) in [6.45, 7) is -0.0555. The zero-order valence-corrected chi connectivity index (χ0v) is 14.6. The maximum Gasteiger partial charge on any atom is 0.355 e. The Bertz CT molecular complexity index is 723. The van der Waals surface area contributed by atoms with Crippen molar-refractivity contribution in [2.24, 2.45) is 0 Å². The first-order valence-electron chi connectivity index (χ1n) is 6.48. The summed E-state index contributed by atoms with van der Waals surface area (Å²) >= 11 is 2.08. The van der Waals surface area contributed by atoms with Crippen molar-refractivity contribution in [2.45, 2.75) is 0 Å². The number of esters is 2. The van der Waals surface area contributed by atoms with Crippen molar-refractivity contribution < 1.29 is 23.8 Å². The van der Waals surface area contributed by atoms with Crippen LogP contribution >= 0.6 is 22.6 Å². The molecule has 0 radical (unpaired) electrons. The highest BCUT2D eigenvalue weighted by Crippen LogP contribution is 2.30. The average Bonchev–Trinajstić information content (AvgIpc) is 2.59.